The van der Waals surface area contributed by atoms with Crippen LogP contribution in [0, 0.1) is 6.92 Å². The first-order valence-electron chi connectivity index (χ1n) is 8.36. The van der Waals surface area contributed by atoms with Crippen molar-refractivity contribution < 1.29 is 14.3 Å². The lowest BCUT2D eigenvalue weighted by Gasteiger charge is -2.27. The van der Waals surface area contributed by atoms with Crippen LogP contribution in [0.15, 0.2) is 67.3 Å². The predicted octanol–water partition coefficient (Wildman–Crippen LogP) is 4.51. The molecule has 1 aliphatic heterocycles. The molecule has 0 atom stereocenters. The van der Waals surface area contributed by atoms with Crippen molar-refractivity contribution in [2.24, 2.45) is 0 Å². The zero-order valence-electron chi connectivity index (χ0n) is 14.4. The standard InChI is InChI=1S/C22H17NO3/c1-3-13-26-19-12-11-18-20-16(19)5-4-6-17(20)21(24)23(22(18)25)15-9-7-14(2)8-10-15/h3-12H,1,13H2,2H3. The van der Waals surface area contributed by atoms with Crippen molar-refractivity contribution in [2.75, 3.05) is 11.5 Å². The monoisotopic (exact) mass is 343 g/mol. The number of hydrogen-bond acceptors (Lipinski definition) is 3. The molecule has 128 valence electrons. The molecule has 0 saturated carbocycles. The van der Waals surface area contributed by atoms with E-state index in [2.05, 4.69) is 6.58 Å². The van der Waals surface area contributed by atoms with Gasteiger partial charge in [0.25, 0.3) is 11.8 Å². The second-order valence-corrected chi connectivity index (χ2v) is 6.22. The van der Waals surface area contributed by atoms with Gasteiger partial charge in [-0.2, -0.15) is 0 Å². The van der Waals surface area contributed by atoms with Gasteiger partial charge in [0.15, 0.2) is 0 Å². The molecule has 0 N–H and O–H groups in total. The van der Waals surface area contributed by atoms with Crippen LogP contribution < -0.4 is 9.64 Å². The molecule has 0 saturated heterocycles. The zero-order chi connectivity index (χ0) is 18.3. The minimum absolute atomic E-state index is 0.321. The van der Waals surface area contributed by atoms with E-state index in [4.69, 9.17) is 4.74 Å². The summed E-state index contributed by atoms with van der Waals surface area (Å²) < 4.78 is 5.69. The molecule has 0 spiro atoms. The number of hydrogen-bond donors (Lipinski definition) is 0. The number of ether oxygens (including phenoxy) is 1. The van der Waals surface area contributed by atoms with E-state index in [1.807, 2.05) is 31.2 Å². The van der Waals surface area contributed by atoms with Crippen molar-refractivity contribution in [3.8, 4) is 5.75 Å². The average molecular weight is 343 g/mol. The molecule has 26 heavy (non-hydrogen) atoms. The molecule has 4 rings (SSSR count). The van der Waals surface area contributed by atoms with E-state index in [0.717, 1.165) is 10.9 Å². The molecule has 0 aromatic heterocycles. The van der Waals surface area contributed by atoms with Crippen molar-refractivity contribution >= 4 is 28.3 Å². The van der Waals surface area contributed by atoms with Gasteiger partial charge in [-0.05, 0) is 37.3 Å². The fraction of sp³-hybridized carbons (Fsp3) is 0.0909. The van der Waals surface area contributed by atoms with E-state index < -0.39 is 0 Å². The van der Waals surface area contributed by atoms with Crippen LogP contribution in [-0.2, 0) is 0 Å². The van der Waals surface area contributed by atoms with Crippen LogP contribution in [0.4, 0.5) is 5.69 Å². The molecule has 0 bridgehead atoms. The number of carbonyl (C=O) groups is 2. The first kappa shape index (κ1) is 16.1. The van der Waals surface area contributed by atoms with E-state index in [-0.39, 0.29) is 11.8 Å². The number of nitrogens with zero attached hydrogens (tertiary/aromatic N) is 1. The van der Waals surface area contributed by atoms with Gasteiger partial charge in [-0.3, -0.25) is 9.59 Å². The third-order valence-corrected chi connectivity index (χ3v) is 4.52. The van der Waals surface area contributed by atoms with E-state index >= 15 is 0 Å². The molecule has 2 amide bonds. The Bertz CT molecular complexity index is 1030. The van der Waals surface area contributed by atoms with Crippen LogP contribution in [0.25, 0.3) is 10.8 Å². The number of benzene rings is 3. The molecule has 0 unspecified atom stereocenters. The molecular formula is C22H17NO3. The Morgan fingerprint density at radius 1 is 0.962 bits per heavy atom. The van der Waals surface area contributed by atoms with Gasteiger partial charge < -0.3 is 4.74 Å². The molecule has 1 aliphatic rings. The Balaban J connectivity index is 1.90. The van der Waals surface area contributed by atoms with Crippen LogP contribution >= 0.6 is 0 Å². The minimum atomic E-state index is -0.321. The molecule has 1 heterocycles. The second-order valence-electron chi connectivity index (χ2n) is 6.22. The molecule has 3 aromatic rings. The van der Waals surface area contributed by atoms with E-state index in [1.165, 1.54) is 4.90 Å². The van der Waals surface area contributed by atoms with Crippen molar-refractivity contribution in [1.82, 2.24) is 0 Å². The van der Waals surface area contributed by atoms with E-state index in [1.54, 1.807) is 36.4 Å². The number of carbonyl (C=O) groups excluding carboxylic acids is 2. The quantitative estimate of drug-likeness (QED) is 0.517. The maximum absolute atomic E-state index is 13.1. The molecular weight excluding hydrogens is 326 g/mol. The summed E-state index contributed by atoms with van der Waals surface area (Å²) in [6.45, 7) is 5.97. The van der Waals surface area contributed by atoms with Crippen molar-refractivity contribution in [3.05, 3.63) is 83.9 Å². The Hall–Kier alpha value is -3.40. The average Bonchev–Trinajstić information content (AvgIpc) is 2.66. The SMILES string of the molecule is C=CCOc1ccc2c3c(cccc13)C(=O)N(c1ccc(C)cc1)C2=O. The Kier molecular flexibility index (Phi) is 3.81. The summed E-state index contributed by atoms with van der Waals surface area (Å²) in [4.78, 5) is 27.4. The summed E-state index contributed by atoms with van der Waals surface area (Å²) >= 11 is 0. The van der Waals surface area contributed by atoms with Gasteiger partial charge in [-0.15, -0.1) is 0 Å². The van der Waals surface area contributed by atoms with Crippen LogP contribution in [0.2, 0.25) is 0 Å². The van der Waals surface area contributed by atoms with Gasteiger partial charge in [-0.25, -0.2) is 4.90 Å². The number of amides is 2. The lowest BCUT2D eigenvalue weighted by Crippen LogP contribution is -2.40. The van der Waals surface area contributed by atoms with Crippen LogP contribution in [0.3, 0.4) is 0 Å². The molecule has 0 radical (unpaired) electrons. The number of anilines is 1. The summed E-state index contributed by atoms with van der Waals surface area (Å²) in [5.41, 5.74) is 2.64. The smallest absolute Gasteiger partial charge is 0.265 e. The van der Waals surface area contributed by atoms with Gasteiger partial charge in [0.2, 0.25) is 0 Å². The van der Waals surface area contributed by atoms with Gasteiger partial charge in [-0.1, -0.05) is 42.5 Å². The third-order valence-electron chi connectivity index (χ3n) is 4.52. The summed E-state index contributed by atoms with van der Waals surface area (Å²) in [6.07, 6.45) is 1.66. The summed E-state index contributed by atoms with van der Waals surface area (Å²) in [5, 5.41) is 1.40. The topological polar surface area (TPSA) is 46.6 Å². The minimum Gasteiger partial charge on any atom is -0.489 e. The maximum atomic E-state index is 13.1. The highest BCUT2D eigenvalue weighted by Crippen LogP contribution is 2.37. The second kappa shape index (κ2) is 6.15. The number of rotatable bonds is 4. The third kappa shape index (κ3) is 2.39. The van der Waals surface area contributed by atoms with Gasteiger partial charge in [0, 0.05) is 21.9 Å². The normalized spacial score (nSPS) is 13.2. The van der Waals surface area contributed by atoms with Crippen molar-refractivity contribution in [2.45, 2.75) is 6.92 Å². The summed E-state index contributed by atoms with van der Waals surface area (Å²) in [7, 11) is 0. The highest BCUT2D eigenvalue weighted by molar-refractivity contribution is 6.36. The molecule has 4 heteroatoms. The lowest BCUT2D eigenvalue weighted by molar-refractivity contribution is 0.0893. The molecule has 0 fully saturated rings. The Morgan fingerprint density at radius 2 is 1.65 bits per heavy atom. The molecule has 0 aliphatic carbocycles. The van der Waals surface area contributed by atoms with Crippen molar-refractivity contribution in [1.29, 1.82) is 0 Å². The first-order chi connectivity index (χ1) is 12.6. The van der Waals surface area contributed by atoms with Gasteiger partial charge >= 0.3 is 0 Å². The highest BCUT2D eigenvalue weighted by Gasteiger charge is 2.34. The first-order valence-corrected chi connectivity index (χ1v) is 8.36. The fourth-order valence-corrected chi connectivity index (χ4v) is 3.27. The number of imide groups is 1. The lowest BCUT2D eigenvalue weighted by atomic mass is 9.93. The number of aryl methyl sites for hydroxylation is 1. The van der Waals surface area contributed by atoms with Crippen molar-refractivity contribution in [3.63, 3.8) is 0 Å². The van der Waals surface area contributed by atoms with Gasteiger partial charge in [0.1, 0.15) is 12.4 Å². The highest BCUT2D eigenvalue weighted by atomic mass is 16.5. The molecule has 3 aromatic carbocycles. The fourth-order valence-electron chi connectivity index (χ4n) is 3.27. The Morgan fingerprint density at radius 3 is 2.35 bits per heavy atom. The summed E-state index contributed by atoms with van der Waals surface area (Å²) in [6, 6.07) is 16.3. The Labute approximate surface area is 151 Å². The van der Waals surface area contributed by atoms with E-state index in [0.29, 0.717) is 34.6 Å². The summed E-state index contributed by atoms with van der Waals surface area (Å²) in [5.74, 6) is -0.00877. The zero-order valence-corrected chi connectivity index (χ0v) is 14.4. The van der Waals surface area contributed by atoms with Crippen LogP contribution in [0.5, 0.6) is 5.75 Å². The maximum Gasteiger partial charge on any atom is 0.265 e. The van der Waals surface area contributed by atoms with E-state index in [9.17, 15) is 9.59 Å². The molecule has 4 nitrogen and oxygen atoms in total. The van der Waals surface area contributed by atoms with Gasteiger partial charge in [0.05, 0.1) is 5.69 Å². The predicted molar refractivity (Wildman–Crippen MR) is 102 cm³/mol. The van der Waals surface area contributed by atoms with Crippen LogP contribution in [0.1, 0.15) is 26.3 Å². The van der Waals surface area contributed by atoms with Crippen LogP contribution in [-0.4, -0.2) is 18.4 Å². The largest absolute Gasteiger partial charge is 0.489 e.